The highest BCUT2D eigenvalue weighted by molar-refractivity contribution is 5.43. The molecule has 16 heavy (non-hydrogen) atoms. The van der Waals surface area contributed by atoms with Gasteiger partial charge in [-0.15, -0.1) is 0 Å². The summed E-state index contributed by atoms with van der Waals surface area (Å²) in [4.78, 5) is 0. The van der Waals surface area contributed by atoms with Crippen molar-refractivity contribution in [2.24, 2.45) is 0 Å². The Morgan fingerprint density at radius 3 is 2.50 bits per heavy atom. The number of hydrogen-bond acceptors (Lipinski definition) is 2. The van der Waals surface area contributed by atoms with Crippen LogP contribution in [0.2, 0.25) is 0 Å². The van der Waals surface area contributed by atoms with Crippen molar-refractivity contribution in [1.82, 2.24) is 9.78 Å². The minimum absolute atomic E-state index is 0.192. The summed E-state index contributed by atoms with van der Waals surface area (Å²) in [6.07, 6.45) is 5.65. The molecule has 0 unspecified atom stereocenters. The average Bonchev–Trinajstić information content (AvgIpc) is 2.96. The fraction of sp³-hybridized carbons (Fsp3) is 0.231. The van der Waals surface area contributed by atoms with Gasteiger partial charge in [0, 0.05) is 12.4 Å². The van der Waals surface area contributed by atoms with E-state index in [2.05, 4.69) is 11.2 Å². The first-order valence-electron chi connectivity index (χ1n) is 5.36. The van der Waals surface area contributed by atoms with E-state index in [1.165, 1.54) is 0 Å². The zero-order valence-corrected chi connectivity index (χ0v) is 8.80. The summed E-state index contributed by atoms with van der Waals surface area (Å²) in [6, 6.07) is 12.4. The second-order valence-electron chi connectivity index (χ2n) is 4.19. The molecule has 0 amide bonds. The molecule has 1 heterocycles. The predicted octanol–water partition coefficient (Wildman–Crippen LogP) is 2.43. The van der Waals surface area contributed by atoms with Gasteiger partial charge in [0.05, 0.1) is 17.2 Å². The largest absolute Gasteiger partial charge is 0.241 e. The standard InChI is InChI=1S/C13H11N3/c14-10-13(6-7-13)11-2-4-12(5-3-11)16-9-1-8-15-16/h1-5,8-9H,6-7H2. The Kier molecular flexibility index (Phi) is 1.84. The molecular formula is C13H11N3. The lowest BCUT2D eigenvalue weighted by atomic mass is 9.98. The molecule has 2 aromatic rings. The smallest absolute Gasteiger partial charge is 0.0823 e. The summed E-state index contributed by atoms with van der Waals surface area (Å²) in [5.41, 5.74) is 1.97. The summed E-state index contributed by atoms with van der Waals surface area (Å²) in [6.45, 7) is 0. The van der Waals surface area contributed by atoms with Crippen molar-refractivity contribution < 1.29 is 0 Å². The molecule has 3 nitrogen and oxygen atoms in total. The molecule has 0 radical (unpaired) electrons. The molecule has 0 atom stereocenters. The number of hydrogen-bond donors (Lipinski definition) is 0. The van der Waals surface area contributed by atoms with Gasteiger partial charge in [-0.05, 0) is 36.6 Å². The molecule has 0 aliphatic heterocycles. The van der Waals surface area contributed by atoms with Crippen LogP contribution in [0.25, 0.3) is 5.69 Å². The van der Waals surface area contributed by atoms with Crippen LogP contribution in [0.15, 0.2) is 42.7 Å². The first-order chi connectivity index (χ1) is 7.84. The van der Waals surface area contributed by atoms with Gasteiger partial charge in [-0.2, -0.15) is 10.4 Å². The Labute approximate surface area is 93.9 Å². The lowest BCUT2D eigenvalue weighted by Crippen LogP contribution is -2.03. The van der Waals surface area contributed by atoms with Crippen molar-refractivity contribution in [3.63, 3.8) is 0 Å². The number of benzene rings is 1. The second kappa shape index (κ2) is 3.21. The van der Waals surface area contributed by atoms with Crippen LogP contribution in [0.1, 0.15) is 18.4 Å². The third kappa shape index (κ3) is 1.31. The maximum absolute atomic E-state index is 9.10. The van der Waals surface area contributed by atoms with Crippen LogP contribution in [0.4, 0.5) is 0 Å². The lowest BCUT2D eigenvalue weighted by molar-refractivity contribution is 0.870. The van der Waals surface area contributed by atoms with Crippen LogP contribution in [0, 0.1) is 11.3 Å². The van der Waals surface area contributed by atoms with Crippen molar-refractivity contribution >= 4 is 0 Å². The molecular weight excluding hydrogens is 198 g/mol. The molecule has 1 saturated carbocycles. The quantitative estimate of drug-likeness (QED) is 0.762. The van der Waals surface area contributed by atoms with Crippen molar-refractivity contribution in [2.75, 3.05) is 0 Å². The van der Waals surface area contributed by atoms with Gasteiger partial charge in [0.25, 0.3) is 0 Å². The van der Waals surface area contributed by atoms with Gasteiger partial charge in [0.1, 0.15) is 0 Å². The van der Waals surface area contributed by atoms with Gasteiger partial charge >= 0.3 is 0 Å². The van der Waals surface area contributed by atoms with Crippen molar-refractivity contribution in [1.29, 1.82) is 5.26 Å². The van der Waals surface area contributed by atoms with E-state index in [4.69, 9.17) is 5.26 Å². The summed E-state index contributed by atoms with van der Waals surface area (Å²) in [5, 5.41) is 13.3. The van der Waals surface area contributed by atoms with Gasteiger partial charge in [0.2, 0.25) is 0 Å². The van der Waals surface area contributed by atoms with E-state index < -0.39 is 0 Å². The van der Waals surface area contributed by atoms with Crippen LogP contribution in [0.3, 0.4) is 0 Å². The number of aromatic nitrogens is 2. The maximum atomic E-state index is 9.10. The lowest BCUT2D eigenvalue weighted by Gasteiger charge is -2.07. The fourth-order valence-corrected chi connectivity index (χ4v) is 1.94. The maximum Gasteiger partial charge on any atom is 0.0823 e. The Balaban J connectivity index is 1.95. The molecule has 1 fully saturated rings. The van der Waals surface area contributed by atoms with Crippen LogP contribution >= 0.6 is 0 Å². The van der Waals surface area contributed by atoms with E-state index in [-0.39, 0.29) is 5.41 Å². The Morgan fingerprint density at radius 1 is 1.25 bits per heavy atom. The molecule has 1 aromatic carbocycles. The molecule has 0 saturated heterocycles. The molecule has 0 bridgehead atoms. The van der Waals surface area contributed by atoms with Gasteiger partial charge in [-0.1, -0.05) is 12.1 Å². The Bertz CT molecular complexity index is 528. The van der Waals surface area contributed by atoms with E-state index in [0.29, 0.717) is 0 Å². The molecule has 0 spiro atoms. The Morgan fingerprint density at radius 2 is 2.00 bits per heavy atom. The molecule has 0 N–H and O–H groups in total. The minimum atomic E-state index is -0.192. The zero-order valence-electron chi connectivity index (χ0n) is 8.80. The highest BCUT2D eigenvalue weighted by atomic mass is 15.3. The van der Waals surface area contributed by atoms with Crippen molar-refractivity contribution in [3.05, 3.63) is 48.3 Å². The first kappa shape index (κ1) is 9.17. The molecule has 1 aromatic heterocycles. The van der Waals surface area contributed by atoms with Crippen molar-refractivity contribution in [2.45, 2.75) is 18.3 Å². The normalized spacial score (nSPS) is 16.7. The second-order valence-corrected chi connectivity index (χ2v) is 4.19. The predicted molar refractivity (Wildman–Crippen MR) is 60.1 cm³/mol. The van der Waals surface area contributed by atoms with Gasteiger partial charge in [-0.25, -0.2) is 4.68 Å². The number of rotatable bonds is 2. The Hall–Kier alpha value is -2.08. The van der Waals surface area contributed by atoms with Gasteiger partial charge in [0.15, 0.2) is 0 Å². The van der Waals surface area contributed by atoms with E-state index >= 15 is 0 Å². The molecule has 3 heteroatoms. The average molecular weight is 209 g/mol. The minimum Gasteiger partial charge on any atom is -0.241 e. The fourth-order valence-electron chi connectivity index (χ4n) is 1.94. The number of nitriles is 1. The van der Waals surface area contributed by atoms with Gasteiger partial charge in [-0.3, -0.25) is 0 Å². The van der Waals surface area contributed by atoms with Crippen LogP contribution in [-0.2, 0) is 5.41 Å². The molecule has 1 aliphatic carbocycles. The highest BCUT2D eigenvalue weighted by Crippen LogP contribution is 2.47. The van der Waals surface area contributed by atoms with E-state index in [1.54, 1.807) is 6.20 Å². The monoisotopic (exact) mass is 209 g/mol. The SMILES string of the molecule is N#CC1(c2ccc(-n3cccn3)cc2)CC1. The third-order valence-corrected chi connectivity index (χ3v) is 3.15. The molecule has 78 valence electrons. The van der Waals surface area contributed by atoms with E-state index in [9.17, 15) is 0 Å². The number of nitrogens with zero attached hydrogens (tertiary/aromatic N) is 3. The van der Waals surface area contributed by atoms with Crippen LogP contribution in [0.5, 0.6) is 0 Å². The highest BCUT2D eigenvalue weighted by Gasteiger charge is 2.44. The summed E-state index contributed by atoms with van der Waals surface area (Å²) in [5.74, 6) is 0. The summed E-state index contributed by atoms with van der Waals surface area (Å²) in [7, 11) is 0. The van der Waals surface area contributed by atoms with Crippen molar-refractivity contribution in [3.8, 4) is 11.8 Å². The summed E-state index contributed by atoms with van der Waals surface area (Å²) < 4.78 is 1.82. The third-order valence-electron chi connectivity index (χ3n) is 3.15. The summed E-state index contributed by atoms with van der Waals surface area (Å²) >= 11 is 0. The van der Waals surface area contributed by atoms with E-state index in [0.717, 1.165) is 24.1 Å². The van der Waals surface area contributed by atoms with Crippen LogP contribution < -0.4 is 0 Å². The van der Waals surface area contributed by atoms with Crippen LogP contribution in [-0.4, -0.2) is 9.78 Å². The topological polar surface area (TPSA) is 41.6 Å². The first-order valence-corrected chi connectivity index (χ1v) is 5.36. The molecule has 1 aliphatic rings. The zero-order chi connectivity index (χ0) is 11.0. The van der Waals surface area contributed by atoms with E-state index in [1.807, 2.05) is 41.2 Å². The van der Waals surface area contributed by atoms with Gasteiger partial charge < -0.3 is 0 Å². The molecule has 3 rings (SSSR count).